The first-order chi connectivity index (χ1) is 36.5. The second-order valence-corrected chi connectivity index (χ2v) is 25.5. The minimum absolute atomic E-state index is 0.00886. The number of hydrogen-bond acceptors (Lipinski definition) is 13. The van der Waals surface area contributed by atoms with Crippen LogP contribution in [0.5, 0.6) is 0 Å². The number of anilines is 3. The number of rotatable bonds is 5. The summed E-state index contributed by atoms with van der Waals surface area (Å²) >= 11 is 7.01. The summed E-state index contributed by atoms with van der Waals surface area (Å²) in [5, 5.41) is 12.0. The lowest BCUT2D eigenvalue weighted by Gasteiger charge is -2.32. The lowest BCUT2D eigenvalue weighted by Crippen LogP contribution is -2.41. The summed E-state index contributed by atoms with van der Waals surface area (Å²) in [6, 6.07) is 21.8. The number of H-pyrrole nitrogens is 2. The Morgan fingerprint density at radius 2 is 1.04 bits per heavy atom. The second-order valence-electron chi connectivity index (χ2n) is 23.8. The van der Waals surface area contributed by atoms with Crippen molar-refractivity contribution in [1.82, 2.24) is 50.5 Å². The van der Waals surface area contributed by atoms with Gasteiger partial charge in [0, 0.05) is 129 Å². The average molecular weight is 1190 g/mol. The summed E-state index contributed by atoms with van der Waals surface area (Å²) < 4.78 is 13.9. The van der Waals surface area contributed by atoms with Gasteiger partial charge in [0.05, 0.1) is 38.9 Å². The third-order valence-electron chi connectivity index (χ3n) is 14.2. The van der Waals surface area contributed by atoms with Gasteiger partial charge in [0.2, 0.25) is 17.8 Å². The fourth-order valence-corrected chi connectivity index (χ4v) is 9.40. The molecule has 1 fully saturated rings. The molecule has 8 heterocycles. The topological polar surface area (TPSA) is 204 Å². The highest BCUT2D eigenvalue weighted by Gasteiger charge is 2.52. The summed E-state index contributed by atoms with van der Waals surface area (Å²) in [5.41, 5.74) is 8.03. The van der Waals surface area contributed by atoms with Crippen LogP contribution in [0.4, 0.5) is 17.8 Å². The van der Waals surface area contributed by atoms with Gasteiger partial charge in [-0.1, -0.05) is 42.5 Å². The fraction of sp³-hybridized carbons (Fsp3) is 0.414. The van der Waals surface area contributed by atoms with E-state index in [2.05, 4.69) is 155 Å². The first-order valence-corrected chi connectivity index (χ1v) is 27.8. The summed E-state index contributed by atoms with van der Waals surface area (Å²) in [7, 11) is 3.57. The summed E-state index contributed by atoms with van der Waals surface area (Å²) in [5.74, 6) is 2.05. The molecule has 78 heavy (non-hydrogen) atoms. The zero-order valence-corrected chi connectivity index (χ0v) is 50.6. The Morgan fingerprint density at radius 1 is 0.590 bits per heavy atom. The number of nitrogens with one attached hydrogen (secondary N) is 5. The number of aromatic amines is 2. The van der Waals surface area contributed by atoms with E-state index in [-0.39, 0.29) is 39.6 Å². The Hall–Kier alpha value is -6.48. The largest absolute Gasteiger partial charge is 0.512 e. The maximum atomic E-state index is 12.1. The van der Waals surface area contributed by atoms with Crippen LogP contribution in [0.1, 0.15) is 122 Å². The molecule has 17 nitrogen and oxygen atoms in total. The Kier molecular flexibility index (Phi) is 16.5. The molecule has 0 aliphatic carbocycles. The molecule has 20 heteroatoms. The molecule has 3 aliphatic heterocycles. The summed E-state index contributed by atoms with van der Waals surface area (Å²) in [6.45, 7) is 28.5. The monoisotopic (exact) mass is 1180 g/mol. The van der Waals surface area contributed by atoms with E-state index in [4.69, 9.17) is 14.3 Å². The van der Waals surface area contributed by atoms with Crippen molar-refractivity contribution >= 4 is 107 Å². The molecule has 410 valence electrons. The van der Waals surface area contributed by atoms with Crippen LogP contribution < -0.4 is 31.3 Å². The zero-order chi connectivity index (χ0) is 56.7. The van der Waals surface area contributed by atoms with Gasteiger partial charge in [0.15, 0.2) is 0 Å². The van der Waals surface area contributed by atoms with Gasteiger partial charge in [-0.3, -0.25) is 9.59 Å². The van der Waals surface area contributed by atoms with Crippen LogP contribution in [-0.4, -0.2) is 114 Å². The molecule has 5 aromatic heterocycles. The van der Waals surface area contributed by atoms with E-state index in [1.54, 1.807) is 0 Å². The number of carbonyl (C=O) groups excluding carboxylic acids is 2. The van der Waals surface area contributed by atoms with Crippen LogP contribution in [0.15, 0.2) is 94.3 Å². The molecule has 3 aliphatic rings. The van der Waals surface area contributed by atoms with Gasteiger partial charge in [-0.05, 0) is 146 Å². The van der Waals surface area contributed by atoms with Gasteiger partial charge in [0.25, 0.3) is 11.8 Å². The van der Waals surface area contributed by atoms with Crippen LogP contribution in [0.2, 0.25) is 0 Å². The molecule has 5 N–H and O–H groups in total. The SMILES string of the molecule is CC(C)(C)Nc1ncc2cccc(Br)c2n1.CC1(C)OB(c2cc3c([nH]2)CCNC3=O)OC1(C)C.CN(c1ncc2cccc(-c3cc4c([nH]3)CCNC4=O)c2n1)C(C)(C)C.CN(c1ncc2cccc(Br)c2n1)C(C)(C)C. The third-order valence-corrected chi connectivity index (χ3v) is 15.5. The van der Waals surface area contributed by atoms with Crippen LogP contribution in [-0.2, 0) is 22.2 Å². The molecule has 0 unspecified atom stereocenters. The van der Waals surface area contributed by atoms with E-state index in [9.17, 15) is 9.59 Å². The van der Waals surface area contributed by atoms with E-state index in [0.717, 1.165) is 94.2 Å². The van der Waals surface area contributed by atoms with Gasteiger partial charge >= 0.3 is 7.12 Å². The first-order valence-electron chi connectivity index (χ1n) is 26.2. The van der Waals surface area contributed by atoms with E-state index in [0.29, 0.717) is 30.5 Å². The molecule has 2 amide bonds. The molecule has 8 aromatic rings. The quantitative estimate of drug-likeness (QED) is 0.102. The van der Waals surface area contributed by atoms with Crippen LogP contribution >= 0.6 is 31.9 Å². The van der Waals surface area contributed by atoms with Crippen molar-refractivity contribution in [3.63, 3.8) is 0 Å². The standard InChI is InChI=1S/C20H23N5O.C13H19BN2O3.C13H16BrN3.C12H14BrN3/c1-20(2,3)25(4)19-22-11-12-6-5-7-13(17(12)24-19)16-10-14-15(23-16)8-9-21-18(14)26;1-12(2)13(3,4)19-14(18-12)10-7-8-9(16-10)5-6-15-11(8)17;1-13(2,3)17(4)12-15-8-9-6-5-7-10(14)11(9)16-12;1-12(2,3)16-11-14-7-8-5-4-6-9(13)10(8)15-11/h5-7,10-11,23H,8-9H2,1-4H3,(H,21,26);7,16H,5-6H2,1-4H3,(H,15,17);5-8H,1-4H3;4-7H,1-3H3,(H,14,15,16). The minimum Gasteiger partial charge on any atom is -0.398 e. The summed E-state index contributed by atoms with van der Waals surface area (Å²) in [6.07, 6.45) is 7.20. The number of halogens is 2. The van der Waals surface area contributed by atoms with E-state index in [1.165, 1.54) is 0 Å². The van der Waals surface area contributed by atoms with Crippen molar-refractivity contribution in [3.05, 3.63) is 117 Å². The van der Waals surface area contributed by atoms with E-state index in [1.807, 2.05) is 127 Å². The maximum Gasteiger partial charge on any atom is 0.512 e. The molecule has 11 rings (SSSR count). The van der Waals surface area contributed by atoms with Gasteiger partial charge < -0.3 is 45.0 Å². The molecule has 0 bridgehead atoms. The second kappa shape index (κ2) is 22.3. The maximum absolute atomic E-state index is 12.1. The van der Waals surface area contributed by atoms with Crippen LogP contribution in [0.3, 0.4) is 0 Å². The highest BCUT2D eigenvalue weighted by Crippen LogP contribution is 2.37. The van der Waals surface area contributed by atoms with Gasteiger partial charge in [-0.25, -0.2) is 29.9 Å². The Balaban J connectivity index is 0.000000140. The minimum atomic E-state index is -0.441. The van der Waals surface area contributed by atoms with Crippen LogP contribution in [0, 0.1) is 0 Å². The van der Waals surface area contributed by atoms with Gasteiger partial charge in [0.1, 0.15) is 0 Å². The highest BCUT2D eigenvalue weighted by atomic mass is 79.9. The predicted molar refractivity (Wildman–Crippen MR) is 322 cm³/mol. The normalized spacial score (nSPS) is 15.6. The Labute approximate surface area is 474 Å². The molecule has 0 radical (unpaired) electrons. The van der Waals surface area contributed by atoms with Crippen molar-refractivity contribution in [1.29, 1.82) is 0 Å². The molecular formula is C58H72BBr2N13O4. The van der Waals surface area contributed by atoms with Crippen molar-refractivity contribution in [2.45, 2.75) is 131 Å². The van der Waals surface area contributed by atoms with E-state index < -0.39 is 7.12 Å². The number of amides is 2. The number of carbonyl (C=O) groups is 2. The molecular weight excluding hydrogens is 1110 g/mol. The third kappa shape index (κ3) is 13.0. The highest BCUT2D eigenvalue weighted by molar-refractivity contribution is 9.11. The van der Waals surface area contributed by atoms with Gasteiger partial charge in [-0.2, -0.15) is 0 Å². The van der Waals surface area contributed by atoms with E-state index >= 15 is 0 Å². The zero-order valence-electron chi connectivity index (χ0n) is 47.5. The predicted octanol–water partition coefficient (Wildman–Crippen LogP) is 11.0. The smallest absolute Gasteiger partial charge is 0.398 e. The molecule has 0 spiro atoms. The van der Waals surface area contributed by atoms with Crippen molar-refractivity contribution in [2.24, 2.45) is 0 Å². The lowest BCUT2D eigenvalue weighted by atomic mass is 9.85. The molecule has 1 saturated heterocycles. The number of aromatic nitrogens is 8. The summed E-state index contributed by atoms with van der Waals surface area (Å²) in [4.78, 5) is 61.8. The lowest BCUT2D eigenvalue weighted by molar-refractivity contribution is 0.00578. The Morgan fingerprint density at radius 3 is 1.53 bits per heavy atom. The molecule has 3 aromatic carbocycles. The van der Waals surface area contributed by atoms with Crippen molar-refractivity contribution in [3.8, 4) is 11.3 Å². The van der Waals surface area contributed by atoms with Crippen molar-refractivity contribution < 1.29 is 18.9 Å². The van der Waals surface area contributed by atoms with Crippen molar-refractivity contribution in [2.75, 3.05) is 42.3 Å². The number of hydrogen-bond donors (Lipinski definition) is 5. The number of benzene rings is 3. The number of nitrogens with zero attached hydrogens (tertiary/aromatic N) is 8. The fourth-order valence-electron chi connectivity index (χ4n) is 8.46. The number of para-hydroxylation sites is 3. The first kappa shape index (κ1) is 57.7. The average Bonchev–Trinajstić information content (AvgIpc) is 4.27. The Bertz CT molecular complexity index is 3490. The number of fused-ring (bicyclic) bond motifs is 5. The van der Waals surface area contributed by atoms with Gasteiger partial charge in [-0.15, -0.1) is 0 Å². The molecule has 0 atom stereocenters. The molecule has 0 saturated carbocycles. The van der Waals surface area contributed by atoms with Crippen LogP contribution in [0.25, 0.3) is 44.0 Å².